The van der Waals surface area contributed by atoms with Crippen LogP contribution in [0.1, 0.15) is 6.42 Å². The van der Waals surface area contributed by atoms with Crippen molar-refractivity contribution in [3.05, 3.63) is 48.5 Å². The minimum absolute atomic E-state index is 0. The zero-order valence-electron chi connectivity index (χ0n) is 14.8. The Hall–Kier alpha value is -2.68. The number of guanidine groups is 1. The lowest BCUT2D eigenvalue weighted by molar-refractivity contribution is -0.160. The van der Waals surface area contributed by atoms with Crippen molar-refractivity contribution >= 4 is 41.0 Å². The monoisotopic (exact) mass is 392 g/mol. The average molecular weight is 393 g/mol. The van der Waals surface area contributed by atoms with E-state index < -0.39 is 17.9 Å². The maximum Gasteiger partial charge on any atom is 0.248 e. The van der Waals surface area contributed by atoms with E-state index in [2.05, 4.69) is 53.8 Å². The van der Waals surface area contributed by atoms with Gasteiger partial charge in [-0.2, -0.15) is 0 Å². The predicted octanol–water partition coefficient (Wildman–Crippen LogP) is 0.145. The molecule has 0 spiro atoms. The number of nitrogens with one attached hydrogen (secondary N) is 2. The Bertz CT molecular complexity index is 727. The molecule has 146 valence electrons. The second-order valence-electron chi connectivity index (χ2n) is 5.88. The molecule has 2 amide bonds. The van der Waals surface area contributed by atoms with Crippen LogP contribution in [0.4, 0.5) is 0 Å². The van der Waals surface area contributed by atoms with E-state index in [1.807, 2.05) is 0 Å². The van der Waals surface area contributed by atoms with Crippen molar-refractivity contribution in [2.75, 3.05) is 13.1 Å². The van der Waals surface area contributed by atoms with E-state index in [4.69, 9.17) is 22.6 Å². The molecule has 2 unspecified atom stereocenters. The van der Waals surface area contributed by atoms with Gasteiger partial charge in [0, 0.05) is 6.54 Å². The highest BCUT2D eigenvalue weighted by Crippen LogP contribution is 2.20. The molecule has 9 heteroatoms. The summed E-state index contributed by atoms with van der Waals surface area (Å²) in [6, 6.07) is 15.7. The van der Waals surface area contributed by atoms with Crippen molar-refractivity contribution in [3.63, 3.8) is 0 Å². The molecule has 0 radical (unpaired) electrons. The summed E-state index contributed by atoms with van der Waals surface area (Å²) < 4.78 is 0. The zero-order chi connectivity index (χ0) is 19.1. The van der Waals surface area contributed by atoms with Crippen molar-refractivity contribution in [1.29, 1.82) is 5.41 Å². The van der Waals surface area contributed by atoms with E-state index >= 15 is 0 Å². The Morgan fingerprint density at radius 2 is 1.59 bits per heavy atom. The summed E-state index contributed by atoms with van der Waals surface area (Å²) in [4.78, 5) is 23.7. The summed E-state index contributed by atoms with van der Waals surface area (Å²) in [5.74, 6) is -0.987. The van der Waals surface area contributed by atoms with Gasteiger partial charge in [-0.05, 0) is 17.2 Å². The number of carbonyl (C=O) groups is 2. The Labute approximate surface area is 164 Å². The fourth-order valence-electron chi connectivity index (χ4n) is 2.77. The van der Waals surface area contributed by atoms with Crippen LogP contribution in [0.3, 0.4) is 0 Å². The molecule has 27 heavy (non-hydrogen) atoms. The molecule has 0 saturated carbocycles. The second-order valence-corrected chi connectivity index (χ2v) is 5.88. The quantitative estimate of drug-likeness (QED) is 0.283. The van der Waals surface area contributed by atoms with Gasteiger partial charge in [0.05, 0.1) is 12.6 Å². The number of carbonyl (C=O) groups excluding carboxylic acids is 2. The molecule has 2 aromatic rings. The smallest absolute Gasteiger partial charge is 0.248 e. The molecule has 1 aliphatic rings. The second kappa shape index (κ2) is 10.5. The fraction of sp³-hybridized carbons (Fsp3) is 0.278. The molecule has 3 rings (SSSR count). The SMILES string of the molecule is Cl.N=C(N)NCCC1C(N)C(=O)N1C(=O)CN.c1ccc2ccccc2c1. The molecule has 0 bridgehead atoms. The molecule has 8 nitrogen and oxygen atoms in total. The Kier molecular flexibility index (Phi) is 8.67. The summed E-state index contributed by atoms with van der Waals surface area (Å²) >= 11 is 0. The molecule has 1 saturated heterocycles. The van der Waals surface area contributed by atoms with Crippen molar-refractivity contribution in [1.82, 2.24) is 10.2 Å². The predicted molar refractivity (Wildman–Crippen MR) is 108 cm³/mol. The number of fused-ring (bicyclic) bond motifs is 1. The number of nitrogens with two attached hydrogens (primary N) is 3. The van der Waals surface area contributed by atoms with E-state index in [-0.39, 0.29) is 31.0 Å². The van der Waals surface area contributed by atoms with Gasteiger partial charge in [-0.1, -0.05) is 48.5 Å². The first kappa shape index (κ1) is 22.4. The van der Waals surface area contributed by atoms with E-state index in [1.165, 1.54) is 10.8 Å². The summed E-state index contributed by atoms with van der Waals surface area (Å²) in [6.45, 7) is 0.171. The number of hydrogen-bond acceptors (Lipinski definition) is 5. The van der Waals surface area contributed by atoms with E-state index in [9.17, 15) is 9.59 Å². The standard InChI is InChI=1S/C10H8.C8H16N6O2.ClH/c1-2-6-10-8-4-3-7-9(10)5-1;9-3-5(15)14-4(6(10)7(14)16)1-2-13-8(11)12;/h1-8H;4,6H,1-3,9-10H2,(H4,11,12,13);1H. The Balaban J connectivity index is 0.000000284. The number of hydrogen-bond donors (Lipinski definition) is 5. The number of likely N-dealkylation sites (tertiary alicyclic amines) is 1. The Morgan fingerprint density at radius 1 is 1.11 bits per heavy atom. The zero-order valence-corrected chi connectivity index (χ0v) is 15.6. The molecule has 1 fully saturated rings. The van der Waals surface area contributed by atoms with Gasteiger partial charge < -0.3 is 22.5 Å². The van der Waals surface area contributed by atoms with E-state index in [1.54, 1.807) is 0 Å². The van der Waals surface area contributed by atoms with Crippen LogP contribution in [0.15, 0.2) is 48.5 Å². The molecule has 0 aromatic heterocycles. The summed E-state index contributed by atoms with van der Waals surface area (Å²) in [5.41, 5.74) is 15.8. The molecule has 2 aromatic carbocycles. The lowest BCUT2D eigenvalue weighted by Crippen LogP contribution is -2.71. The van der Waals surface area contributed by atoms with Crippen LogP contribution in [0, 0.1) is 5.41 Å². The molecule has 0 aliphatic carbocycles. The van der Waals surface area contributed by atoms with Gasteiger partial charge in [0.15, 0.2) is 5.96 Å². The highest BCUT2D eigenvalue weighted by molar-refractivity contribution is 6.04. The van der Waals surface area contributed by atoms with Crippen molar-refractivity contribution in [3.8, 4) is 0 Å². The minimum Gasteiger partial charge on any atom is -0.370 e. The topological polar surface area (TPSA) is 151 Å². The largest absolute Gasteiger partial charge is 0.370 e. The highest BCUT2D eigenvalue weighted by Gasteiger charge is 2.47. The molecule has 1 heterocycles. The number of rotatable bonds is 4. The van der Waals surface area contributed by atoms with Gasteiger partial charge in [-0.3, -0.25) is 19.9 Å². The average Bonchev–Trinajstić information content (AvgIpc) is 2.66. The molecule has 1 aliphatic heterocycles. The summed E-state index contributed by atoms with van der Waals surface area (Å²) in [7, 11) is 0. The van der Waals surface area contributed by atoms with Gasteiger partial charge in [-0.25, -0.2) is 0 Å². The number of β-lactam (4-membered cyclic amide) rings is 1. The third-order valence-corrected chi connectivity index (χ3v) is 4.13. The lowest BCUT2D eigenvalue weighted by Gasteiger charge is -2.43. The molecular formula is C18H25ClN6O2. The normalized spacial score (nSPS) is 17.9. The van der Waals surface area contributed by atoms with Gasteiger partial charge in [0.25, 0.3) is 0 Å². The lowest BCUT2D eigenvalue weighted by atomic mass is 9.92. The van der Waals surface area contributed by atoms with Crippen LogP contribution in [0.5, 0.6) is 0 Å². The summed E-state index contributed by atoms with van der Waals surface area (Å²) in [6.07, 6.45) is 0.457. The van der Waals surface area contributed by atoms with Crippen LogP contribution in [0.2, 0.25) is 0 Å². The number of halogens is 1. The van der Waals surface area contributed by atoms with Gasteiger partial charge in [0.1, 0.15) is 6.04 Å². The van der Waals surface area contributed by atoms with Gasteiger partial charge in [0.2, 0.25) is 11.8 Å². The van der Waals surface area contributed by atoms with Crippen molar-refractivity contribution < 1.29 is 9.59 Å². The molecule has 8 N–H and O–H groups in total. The summed E-state index contributed by atoms with van der Waals surface area (Å²) in [5, 5.41) is 12.1. The number of imide groups is 1. The van der Waals surface area contributed by atoms with Crippen LogP contribution in [-0.4, -0.2) is 47.8 Å². The minimum atomic E-state index is -0.663. The van der Waals surface area contributed by atoms with Gasteiger partial charge in [-0.15, -0.1) is 12.4 Å². The van der Waals surface area contributed by atoms with Crippen LogP contribution in [0.25, 0.3) is 10.8 Å². The van der Waals surface area contributed by atoms with Gasteiger partial charge >= 0.3 is 0 Å². The first-order valence-corrected chi connectivity index (χ1v) is 8.29. The maximum atomic E-state index is 11.3. The fourth-order valence-corrected chi connectivity index (χ4v) is 2.77. The van der Waals surface area contributed by atoms with Crippen molar-refractivity contribution in [2.24, 2.45) is 17.2 Å². The number of nitrogens with zero attached hydrogens (tertiary/aromatic N) is 1. The van der Waals surface area contributed by atoms with Crippen molar-refractivity contribution in [2.45, 2.75) is 18.5 Å². The number of benzene rings is 2. The third kappa shape index (κ3) is 5.65. The maximum absolute atomic E-state index is 11.3. The molecular weight excluding hydrogens is 368 g/mol. The van der Waals surface area contributed by atoms with E-state index in [0.717, 1.165) is 4.90 Å². The van der Waals surface area contributed by atoms with Crippen LogP contribution in [-0.2, 0) is 9.59 Å². The van der Waals surface area contributed by atoms with E-state index in [0.29, 0.717) is 13.0 Å². The molecule has 2 atom stereocenters. The van der Waals surface area contributed by atoms with Crippen LogP contribution >= 0.6 is 12.4 Å². The first-order chi connectivity index (χ1) is 12.5. The Morgan fingerprint density at radius 3 is 2.00 bits per heavy atom. The first-order valence-electron chi connectivity index (χ1n) is 8.29. The highest BCUT2D eigenvalue weighted by atomic mass is 35.5. The van der Waals surface area contributed by atoms with Crippen LogP contribution < -0.4 is 22.5 Å². The number of amides is 2. The third-order valence-electron chi connectivity index (χ3n) is 4.13.